The summed E-state index contributed by atoms with van der Waals surface area (Å²) in [4.78, 5) is 0. The van der Waals surface area contributed by atoms with Gasteiger partial charge in [0.25, 0.3) is 0 Å². The van der Waals surface area contributed by atoms with E-state index >= 15 is 0 Å². The van der Waals surface area contributed by atoms with Gasteiger partial charge in [0.2, 0.25) is 0 Å². The first-order chi connectivity index (χ1) is 12.4. The number of hydrogen-bond acceptors (Lipinski definition) is 2. The molecule has 1 saturated heterocycles. The highest BCUT2D eigenvalue weighted by atomic mass is 16.6. The minimum absolute atomic E-state index is 0.264. The van der Waals surface area contributed by atoms with Crippen LogP contribution >= 0.6 is 0 Å². The standard InChI is InChI=1S/C23H22O2/c1-4-10-19(11-5-1)23(18-24-16-22-17-25-22,20-12-6-2-7-13-20)21-14-8-3-9-15-21/h1-15,22H,16-18H2. The summed E-state index contributed by atoms with van der Waals surface area (Å²) in [5, 5.41) is 0. The molecule has 0 radical (unpaired) electrons. The van der Waals surface area contributed by atoms with E-state index in [4.69, 9.17) is 9.47 Å². The van der Waals surface area contributed by atoms with Gasteiger partial charge in [-0.05, 0) is 16.7 Å². The lowest BCUT2D eigenvalue weighted by molar-refractivity contribution is 0.0930. The molecular weight excluding hydrogens is 308 g/mol. The summed E-state index contributed by atoms with van der Waals surface area (Å²) in [6, 6.07) is 31.9. The van der Waals surface area contributed by atoms with Gasteiger partial charge in [-0.15, -0.1) is 0 Å². The SMILES string of the molecule is c1ccc(C(COCC2CO2)(c2ccccc2)c2ccccc2)cc1. The highest BCUT2D eigenvalue weighted by Gasteiger charge is 2.37. The summed E-state index contributed by atoms with van der Waals surface area (Å²) < 4.78 is 11.5. The van der Waals surface area contributed by atoms with Crippen molar-refractivity contribution in [3.05, 3.63) is 108 Å². The highest BCUT2D eigenvalue weighted by molar-refractivity contribution is 5.50. The van der Waals surface area contributed by atoms with Crippen LogP contribution in [-0.4, -0.2) is 25.9 Å². The first-order valence-corrected chi connectivity index (χ1v) is 8.75. The van der Waals surface area contributed by atoms with Gasteiger partial charge in [-0.2, -0.15) is 0 Å². The lowest BCUT2D eigenvalue weighted by Crippen LogP contribution is -2.35. The van der Waals surface area contributed by atoms with Crippen LogP contribution < -0.4 is 0 Å². The minimum atomic E-state index is -0.335. The van der Waals surface area contributed by atoms with Gasteiger partial charge < -0.3 is 9.47 Å². The molecule has 1 aliphatic heterocycles. The molecule has 3 aromatic carbocycles. The average molecular weight is 330 g/mol. The van der Waals surface area contributed by atoms with E-state index in [-0.39, 0.29) is 11.5 Å². The van der Waals surface area contributed by atoms with Crippen LogP contribution in [0, 0.1) is 0 Å². The van der Waals surface area contributed by atoms with E-state index in [1.165, 1.54) is 16.7 Å². The van der Waals surface area contributed by atoms with Crippen LogP contribution in [0.4, 0.5) is 0 Å². The van der Waals surface area contributed by atoms with Crippen LogP contribution in [0.2, 0.25) is 0 Å². The van der Waals surface area contributed by atoms with Crippen LogP contribution in [0.15, 0.2) is 91.0 Å². The summed E-state index contributed by atoms with van der Waals surface area (Å²) in [5.41, 5.74) is 3.39. The van der Waals surface area contributed by atoms with Crippen LogP contribution in [0.3, 0.4) is 0 Å². The normalized spacial score (nSPS) is 16.6. The van der Waals surface area contributed by atoms with Gasteiger partial charge in [-0.25, -0.2) is 0 Å². The van der Waals surface area contributed by atoms with Gasteiger partial charge in [0.1, 0.15) is 6.10 Å². The summed E-state index contributed by atoms with van der Waals surface area (Å²) in [5.74, 6) is 0. The molecule has 2 heteroatoms. The predicted octanol–water partition coefficient (Wildman–Crippen LogP) is 4.44. The second-order valence-corrected chi connectivity index (χ2v) is 6.47. The molecule has 0 aliphatic carbocycles. The third kappa shape index (κ3) is 3.37. The maximum atomic E-state index is 6.16. The van der Waals surface area contributed by atoms with E-state index in [0.29, 0.717) is 13.2 Å². The van der Waals surface area contributed by atoms with Crippen molar-refractivity contribution < 1.29 is 9.47 Å². The van der Waals surface area contributed by atoms with Gasteiger partial charge in [0, 0.05) is 0 Å². The average Bonchev–Trinajstić information content (AvgIpc) is 3.52. The zero-order chi connectivity index (χ0) is 17.0. The minimum Gasteiger partial charge on any atom is -0.377 e. The molecule has 1 heterocycles. The Bertz CT molecular complexity index is 683. The maximum Gasteiger partial charge on any atom is 0.104 e. The fourth-order valence-electron chi connectivity index (χ4n) is 3.43. The number of hydrogen-bond donors (Lipinski definition) is 0. The molecule has 1 unspecified atom stereocenters. The number of benzene rings is 3. The van der Waals surface area contributed by atoms with Crippen LogP contribution in [0.1, 0.15) is 16.7 Å². The van der Waals surface area contributed by atoms with Gasteiger partial charge >= 0.3 is 0 Å². The van der Waals surface area contributed by atoms with E-state index in [9.17, 15) is 0 Å². The van der Waals surface area contributed by atoms with Crippen molar-refractivity contribution in [2.75, 3.05) is 19.8 Å². The molecule has 0 spiro atoms. The highest BCUT2D eigenvalue weighted by Crippen LogP contribution is 2.39. The molecule has 0 bridgehead atoms. The van der Waals surface area contributed by atoms with Crippen molar-refractivity contribution in [3.8, 4) is 0 Å². The van der Waals surface area contributed by atoms with Crippen molar-refractivity contribution in [1.29, 1.82) is 0 Å². The Hall–Kier alpha value is -2.42. The fraction of sp³-hybridized carbons (Fsp3) is 0.217. The molecule has 126 valence electrons. The smallest absolute Gasteiger partial charge is 0.104 e. The van der Waals surface area contributed by atoms with Crippen molar-refractivity contribution in [1.82, 2.24) is 0 Å². The molecule has 2 nitrogen and oxygen atoms in total. The third-order valence-electron chi connectivity index (χ3n) is 4.82. The summed E-state index contributed by atoms with van der Waals surface area (Å²) in [6.45, 7) is 2.05. The molecular formula is C23H22O2. The van der Waals surface area contributed by atoms with Crippen LogP contribution in [-0.2, 0) is 14.9 Å². The van der Waals surface area contributed by atoms with Crippen LogP contribution in [0.25, 0.3) is 0 Å². The first-order valence-electron chi connectivity index (χ1n) is 8.75. The molecule has 1 aliphatic rings. The number of ether oxygens (including phenoxy) is 2. The Kier molecular flexibility index (Phi) is 4.64. The molecule has 0 amide bonds. The predicted molar refractivity (Wildman–Crippen MR) is 99.8 cm³/mol. The Morgan fingerprint density at radius 2 is 1.12 bits per heavy atom. The van der Waals surface area contributed by atoms with Gasteiger partial charge in [-0.3, -0.25) is 0 Å². The van der Waals surface area contributed by atoms with E-state index in [1.807, 2.05) is 0 Å². The van der Waals surface area contributed by atoms with Crippen molar-refractivity contribution in [2.45, 2.75) is 11.5 Å². The monoisotopic (exact) mass is 330 g/mol. The van der Waals surface area contributed by atoms with Gasteiger partial charge in [0.05, 0.1) is 25.2 Å². The second kappa shape index (κ2) is 7.22. The van der Waals surface area contributed by atoms with Crippen molar-refractivity contribution in [2.24, 2.45) is 0 Å². The first kappa shape index (κ1) is 16.1. The molecule has 3 aromatic rings. The topological polar surface area (TPSA) is 21.8 Å². The van der Waals surface area contributed by atoms with Gasteiger partial charge in [0.15, 0.2) is 0 Å². The lowest BCUT2D eigenvalue weighted by Gasteiger charge is -2.35. The molecule has 1 atom stereocenters. The molecule has 25 heavy (non-hydrogen) atoms. The third-order valence-corrected chi connectivity index (χ3v) is 4.82. The zero-order valence-corrected chi connectivity index (χ0v) is 14.2. The molecule has 0 aromatic heterocycles. The molecule has 0 N–H and O–H groups in total. The lowest BCUT2D eigenvalue weighted by atomic mass is 9.70. The van der Waals surface area contributed by atoms with Gasteiger partial charge in [-0.1, -0.05) is 91.0 Å². The largest absolute Gasteiger partial charge is 0.377 e. The summed E-state index contributed by atoms with van der Waals surface area (Å²) >= 11 is 0. The summed E-state index contributed by atoms with van der Waals surface area (Å²) in [6.07, 6.45) is 0.264. The second-order valence-electron chi connectivity index (χ2n) is 6.47. The molecule has 1 fully saturated rings. The van der Waals surface area contributed by atoms with E-state index in [2.05, 4.69) is 91.0 Å². The fourth-order valence-corrected chi connectivity index (χ4v) is 3.43. The Balaban J connectivity index is 1.84. The zero-order valence-electron chi connectivity index (χ0n) is 14.2. The Labute approximate surface area is 149 Å². The maximum absolute atomic E-state index is 6.16. The molecule has 4 rings (SSSR count). The quantitative estimate of drug-likeness (QED) is 0.472. The molecule has 0 saturated carbocycles. The number of rotatable bonds is 7. The van der Waals surface area contributed by atoms with E-state index in [0.717, 1.165) is 6.61 Å². The Morgan fingerprint density at radius 1 is 0.720 bits per heavy atom. The van der Waals surface area contributed by atoms with E-state index in [1.54, 1.807) is 0 Å². The Morgan fingerprint density at radius 3 is 1.48 bits per heavy atom. The van der Waals surface area contributed by atoms with E-state index < -0.39 is 0 Å². The van der Waals surface area contributed by atoms with Crippen LogP contribution in [0.5, 0.6) is 0 Å². The van der Waals surface area contributed by atoms with Crippen molar-refractivity contribution in [3.63, 3.8) is 0 Å². The van der Waals surface area contributed by atoms with Crippen molar-refractivity contribution >= 4 is 0 Å². The number of epoxide rings is 1. The summed E-state index contributed by atoms with van der Waals surface area (Å²) in [7, 11) is 0.